The molecule has 94 valence electrons. The Bertz CT molecular complexity index is 531. The monoisotopic (exact) mass is 261 g/mol. The van der Waals surface area contributed by atoms with Gasteiger partial charge in [-0.05, 0) is 30.5 Å². The molecule has 0 spiro atoms. The van der Waals surface area contributed by atoms with Crippen molar-refractivity contribution in [3.63, 3.8) is 0 Å². The third-order valence-corrected chi connectivity index (χ3v) is 3.50. The fraction of sp³-hybridized carbons (Fsp3) is 0.357. The van der Waals surface area contributed by atoms with Gasteiger partial charge >= 0.3 is 0 Å². The van der Waals surface area contributed by atoms with Gasteiger partial charge in [-0.25, -0.2) is 0 Å². The molecular weight excluding hydrogens is 246 g/mol. The van der Waals surface area contributed by atoms with E-state index in [1.54, 1.807) is 0 Å². The van der Waals surface area contributed by atoms with Gasteiger partial charge in [0.2, 0.25) is 0 Å². The minimum Gasteiger partial charge on any atom is -0.308 e. The third kappa shape index (κ3) is 2.92. The molecule has 1 fully saturated rings. The largest absolute Gasteiger partial charge is 0.308 e. The first-order chi connectivity index (χ1) is 8.81. The molecule has 0 atom stereocenters. The van der Waals surface area contributed by atoms with Crippen LogP contribution in [0.2, 0.25) is 5.02 Å². The summed E-state index contributed by atoms with van der Waals surface area (Å²) in [4.78, 5) is 0. The van der Waals surface area contributed by atoms with Crippen molar-refractivity contribution in [3.05, 3.63) is 52.8 Å². The summed E-state index contributed by atoms with van der Waals surface area (Å²) in [6.45, 7) is 1.59. The zero-order chi connectivity index (χ0) is 12.4. The molecule has 0 radical (unpaired) electrons. The average molecular weight is 262 g/mol. The highest BCUT2D eigenvalue weighted by Crippen LogP contribution is 2.19. The SMILES string of the molecule is Clc1ccccc1Cn1ccc(CNC2CC2)n1. The second kappa shape index (κ2) is 5.12. The number of benzene rings is 1. The molecule has 0 unspecified atom stereocenters. The normalized spacial score (nSPS) is 14.9. The lowest BCUT2D eigenvalue weighted by Gasteiger charge is -2.04. The lowest BCUT2D eigenvalue weighted by Crippen LogP contribution is -2.16. The Hall–Kier alpha value is -1.32. The quantitative estimate of drug-likeness (QED) is 0.897. The Kier molecular flexibility index (Phi) is 3.35. The number of halogens is 1. The third-order valence-electron chi connectivity index (χ3n) is 3.14. The standard InChI is InChI=1S/C14H16ClN3/c15-14-4-2-1-3-11(14)10-18-8-7-13(17-18)9-16-12-5-6-12/h1-4,7-8,12,16H,5-6,9-10H2. The van der Waals surface area contributed by atoms with Crippen molar-refractivity contribution in [2.24, 2.45) is 0 Å². The van der Waals surface area contributed by atoms with E-state index in [2.05, 4.69) is 16.5 Å². The predicted molar refractivity (Wildman–Crippen MR) is 72.6 cm³/mol. The molecule has 2 aromatic rings. The lowest BCUT2D eigenvalue weighted by atomic mass is 10.2. The summed E-state index contributed by atoms with van der Waals surface area (Å²) in [5.41, 5.74) is 2.19. The van der Waals surface area contributed by atoms with Gasteiger partial charge in [0.1, 0.15) is 0 Å². The first-order valence-corrected chi connectivity index (χ1v) is 6.68. The van der Waals surface area contributed by atoms with Gasteiger partial charge in [0.05, 0.1) is 12.2 Å². The Morgan fingerprint density at radius 1 is 1.28 bits per heavy atom. The van der Waals surface area contributed by atoms with Crippen LogP contribution in [-0.2, 0) is 13.1 Å². The van der Waals surface area contributed by atoms with Crippen LogP contribution >= 0.6 is 11.6 Å². The van der Waals surface area contributed by atoms with Crippen molar-refractivity contribution >= 4 is 11.6 Å². The summed E-state index contributed by atoms with van der Waals surface area (Å²) in [5, 5.41) is 8.80. The number of nitrogens with one attached hydrogen (secondary N) is 1. The fourth-order valence-corrected chi connectivity index (χ4v) is 2.12. The van der Waals surface area contributed by atoms with Crippen molar-refractivity contribution < 1.29 is 0 Å². The molecule has 3 nitrogen and oxygen atoms in total. The Morgan fingerprint density at radius 2 is 2.11 bits per heavy atom. The summed E-state index contributed by atoms with van der Waals surface area (Å²) < 4.78 is 1.94. The Morgan fingerprint density at radius 3 is 2.89 bits per heavy atom. The topological polar surface area (TPSA) is 29.9 Å². The highest BCUT2D eigenvalue weighted by atomic mass is 35.5. The molecule has 3 rings (SSSR count). The molecule has 1 aromatic carbocycles. The van der Waals surface area contributed by atoms with Crippen LogP contribution in [0.3, 0.4) is 0 Å². The number of hydrogen-bond acceptors (Lipinski definition) is 2. The maximum absolute atomic E-state index is 6.14. The predicted octanol–water partition coefficient (Wildman–Crippen LogP) is 2.84. The van der Waals surface area contributed by atoms with E-state index in [0.717, 1.165) is 35.4 Å². The Balaban J connectivity index is 1.63. The molecule has 1 N–H and O–H groups in total. The van der Waals surface area contributed by atoms with E-state index < -0.39 is 0 Å². The van der Waals surface area contributed by atoms with Gasteiger partial charge in [0.15, 0.2) is 0 Å². The van der Waals surface area contributed by atoms with E-state index in [9.17, 15) is 0 Å². The highest BCUT2D eigenvalue weighted by Gasteiger charge is 2.20. The van der Waals surface area contributed by atoms with Crippen LogP contribution < -0.4 is 5.32 Å². The summed E-state index contributed by atoms with van der Waals surface area (Å²) in [6.07, 6.45) is 4.62. The van der Waals surface area contributed by atoms with Crippen molar-refractivity contribution in [1.29, 1.82) is 0 Å². The summed E-state index contributed by atoms with van der Waals surface area (Å²) in [7, 11) is 0. The van der Waals surface area contributed by atoms with Crippen molar-refractivity contribution in [3.8, 4) is 0 Å². The highest BCUT2D eigenvalue weighted by molar-refractivity contribution is 6.31. The van der Waals surface area contributed by atoms with Gasteiger partial charge in [-0.15, -0.1) is 0 Å². The zero-order valence-electron chi connectivity index (χ0n) is 10.1. The van der Waals surface area contributed by atoms with Gasteiger partial charge in [-0.2, -0.15) is 5.10 Å². The Labute approximate surface area is 112 Å². The maximum atomic E-state index is 6.14. The smallest absolute Gasteiger partial charge is 0.0762 e. The molecule has 1 heterocycles. The van der Waals surface area contributed by atoms with Gasteiger partial charge in [0, 0.05) is 23.8 Å². The molecule has 1 aromatic heterocycles. The molecule has 0 amide bonds. The fourth-order valence-electron chi connectivity index (χ4n) is 1.92. The molecule has 0 saturated heterocycles. The van der Waals surface area contributed by atoms with Gasteiger partial charge in [-0.1, -0.05) is 29.8 Å². The van der Waals surface area contributed by atoms with Crippen molar-refractivity contribution in [2.75, 3.05) is 0 Å². The molecule has 18 heavy (non-hydrogen) atoms. The molecule has 0 bridgehead atoms. The number of aromatic nitrogens is 2. The van der Waals surface area contributed by atoms with Crippen molar-refractivity contribution in [2.45, 2.75) is 32.0 Å². The summed E-state index contributed by atoms with van der Waals surface area (Å²) >= 11 is 6.14. The number of hydrogen-bond donors (Lipinski definition) is 1. The van der Waals surface area contributed by atoms with E-state index in [1.807, 2.05) is 35.1 Å². The first kappa shape index (κ1) is 11.8. The average Bonchev–Trinajstić information content (AvgIpc) is 3.10. The maximum Gasteiger partial charge on any atom is 0.0762 e. The molecular formula is C14H16ClN3. The van der Waals surface area contributed by atoms with Gasteiger partial charge in [-0.3, -0.25) is 4.68 Å². The summed E-state index contributed by atoms with van der Waals surface area (Å²) in [5.74, 6) is 0. The molecule has 0 aliphatic heterocycles. The second-order valence-electron chi connectivity index (χ2n) is 4.75. The van der Waals surface area contributed by atoms with E-state index in [0.29, 0.717) is 0 Å². The van der Waals surface area contributed by atoms with E-state index in [-0.39, 0.29) is 0 Å². The van der Waals surface area contributed by atoms with Crippen LogP contribution in [0.4, 0.5) is 0 Å². The molecule has 1 aliphatic carbocycles. The van der Waals surface area contributed by atoms with Crippen LogP contribution in [0.25, 0.3) is 0 Å². The minimum atomic E-state index is 0.721. The zero-order valence-corrected chi connectivity index (χ0v) is 10.9. The van der Waals surface area contributed by atoms with Crippen LogP contribution in [0, 0.1) is 0 Å². The van der Waals surface area contributed by atoms with Crippen LogP contribution in [0.1, 0.15) is 24.1 Å². The van der Waals surface area contributed by atoms with E-state index in [1.165, 1.54) is 12.8 Å². The van der Waals surface area contributed by atoms with E-state index in [4.69, 9.17) is 11.6 Å². The molecule has 1 saturated carbocycles. The molecule has 4 heteroatoms. The number of nitrogens with zero attached hydrogens (tertiary/aromatic N) is 2. The minimum absolute atomic E-state index is 0.721. The number of rotatable bonds is 5. The van der Waals surface area contributed by atoms with E-state index >= 15 is 0 Å². The van der Waals surface area contributed by atoms with Crippen LogP contribution in [-0.4, -0.2) is 15.8 Å². The second-order valence-corrected chi connectivity index (χ2v) is 5.16. The first-order valence-electron chi connectivity index (χ1n) is 6.30. The van der Waals surface area contributed by atoms with Gasteiger partial charge < -0.3 is 5.32 Å². The summed E-state index contributed by atoms with van der Waals surface area (Å²) in [6, 6.07) is 10.7. The van der Waals surface area contributed by atoms with Crippen LogP contribution in [0.15, 0.2) is 36.5 Å². The lowest BCUT2D eigenvalue weighted by molar-refractivity contribution is 0.631. The molecule has 1 aliphatic rings. The van der Waals surface area contributed by atoms with Crippen LogP contribution in [0.5, 0.6) is 0 Å². The van der Waals surface area contributed by atoms with Gasteiger partial charge in [0.25, 0.3) is 0 Å². The van der Waals surface area contributed by atoms with Crippen molar-refractivity contribution in [1.82, 2.24) is 15.1 Å².